The molecule has 0 atom stereocenters. The molecule has 0 bridgehead atoms. The number of benzene rings is 3. The molecule has 0 unspecified atom stereocenters. The molecule has 0 spiro atoms. The van der Waals surface area contributed by atoms with Crippen LogP contribution in [0.25, 0.3) is 22.5 Å². The number of ether oxygens (including phenoxy) is 1. The average molecular weight is 425 g/mol. The Kier molecular flexibility index (Phi) is 6.17. The smallest absolute Gasteiger partial charge is 0.412 e. The van der Waals surface area contributed by atoms with Crippen molar-refractivity contribution in [3.63, 3.8) is 0 Å². The van der Waals surface area contributed by atoms with Crippen LogP contribution >= 0.6 is 0 Å². The monoisotopic (exact) mass is 425 g/mol. The first-order chi connectivity index (χ1) is 15.6. The molecule has 1 amide bonds. The Morgan fingerprint density at radius 3 is 2.16 bits per heavy atom. The third kappa shape index (κ3) is 4.79. The van der Waals surface area contributed by atoms with Gasteiger partial charge < -0.3 is 9.84 Å². The molecule has 0 aliphatic carbocycles. The summed E-state index contributed by atoms with van der Waals surface area (Å²) in [6.07, 6.45) is 0.462. The molecule has 0 aliphatic heterocycles. The van der Waals surface area contributed by atoms with E-state index in [1.165, 1.54) is 6.20 Å². The van der Waals surface area contributed by atoms with Gasteiger partial charge in [0.25, 0.3) is 0 Å². The third-order valence-corrected chi connectivity index (χ3v) is 4.72. The highest BCUT2D eigenvalue weighted by Gasteiger charge is 2.18. The molecule has 7 heteroatoms. The summed E-state index contributed by atoms with van der Waals surface area (Å²) in [4.78, 5) is 32.3. The van der Waals surface area contributed by atoms with E-state index in [0.29, 0.717) is 5.56 Å². The van der Waals surface area contributed by atoms with Crippen LogP contribution in [0.2, 0.25) is 0 Å². The second-order valence-corrected chi connectivity index (χ2v) is 6.85. The number of amides is 1. The molecule has 0 aliphatic rings. The van der Waals surface area contributed by atoms with E-state index in [-0.39, 0.29) is 23.8 Å². The van der Waals surface area contributed by atoms with E-state index in [4.69, 9.17) is 4.74 Å². The van der Waals surface area contributed by atoms with Crippen LogP contribution in [0.1, 0.15) is 16.1 Å². The number of rotatable bonds is 6. The Balaban J connectivity index is 1.49. The normalized spacial score (nSPS) is 10.4. The lowest BCUT2D eigenvalue weighted by atomic mass is 10.0. The van der Waals surface area contributed by atoms with Crippen molar-refractivity contribution in [1.29, 1.82) is 0 Å². The van der Waals surface area contributed by atoms with Crippen LogP contribution in [0.4, 0.5) is 10.5 Å². The predicted molar refractivity (Wildman–Crippen MR) is 120 cm³/mol. The molecule has 1 aromatic heterocycles. The summed E-state index contributed by atoms with van der Waals surface area (Å²) in [5.41, 5.74) is 3.08. The molecule has 0 radical (unpaired) electrons. The Labute approximate surface area is 184 Å². The van der Waals surface area contributed by atoms with E-state index >= 15 is 0 Å². The average Bonchev–Trinajstić information content (AvgIpc) is 2.84. The Bertz CT molecular complexity index is 1240. The van der Waals surface area contributed by atoms with Crippen molar-refractivity contribution in [2.45, 2.75) is 6.61 Å². The van der Waals surface area contributed by atoms with Gasteiger partial charge in [0.2, 0.25) is 0 Å². The Morgan fingerprint density at radius 2 is 1.47 bits per heavy atom. The second kappa shape index (κ2) is 9.53. The SMILES string of the molecule is O=C(Nc1cnc(-c2ccccc2)nc1C(=O)O)OCc1ccccc1-c1ccccc1. The molecule has 7 nitrogen and oxygen atoms in total. The minimum absolute atomic E-state index is 0.0161. The van der Waals surface area contributed by atoms with E-state index in [2.05, 4.69) is 15.3 Å². The summed E-state index contributed by atoms with van der Waals surface area (Å²) in [6, 6.07) is 26.3. The van der Waals surface area contributed by atoms with Crippen LogP contribution in [0.15, 0.2) is 91.1 Å². The summed E-state index contributed by atoms with van der Waals surface area (Å²) in [6.45, 7) is 0.0161. The van der Waals surface area contributed by atoms with Gasteiger partial charge in [0.05, 0.1) is 11.9 Å². The molecule has 0 saturated carbocycles. The minimum atomic E-state index is -1.28. The van der Waals surface area contributed by atoms with Crippen molar-refractivity contribution in [2.24, 2.45) is 0 Å². The third-order valence-electron chi connectivity index (χ3n) is 4.72. The number of carboxylic acids is 1. The number of hydrogen-bond acceptors (Lipinski definition) is 5. The van der Waals surface area contributed by atoms with E-state index in [0.717, 1.165) is 16.7 Å². The van der Waals surface area contributed by atoms with E-state index < -0.39 is 12.1 Å². The van der Waals surface area contributed by atoms with Crippen LogP contribution in [-0.4, -0.2) is 27.1 Å². The van der Waals surface area contributed by atoms with E-state index in [9.17, 15) is 14.7 Å². The van der Waals surface area contributed by atoms with Gasteiger partial charge in [0, 0.05) is 5.56 Å². The van der Waals surface area contributed by atoms with Crippen molar-refractivity contribution in [2.75, 3.05) is 5.32 Å². The zero-order valence-electron chi connectivity index (χ0n) is 16.9. The second-order valence-electron chi connectivity index (χ2n) is 6.85. The molecule has 3 aromatic carbocycles. The van der Waals surface area contributed by atoms with Gasteiger partial charge in [-0.1, -0.05) is 84.9 Å². The number of carbonyl (C=O) groups excluding carboxylic acids is 1. The molecule has 32 heavy (non-hydrogen) atoms. The van der Waals surface area contributed by atoms with Gasteiger partial charge in [0.1, 0.15) is 6.61 Å². The van der Waals surface area contributed by atoms with Crippen LogP contribution in [0.5, 0.6) is 0 Å². The van der Waals surface area contributed by atoms with Crippen molar-refractivity contribution in [3.8, 4) is 22.5 Å². The largest absolute Gasteiger partial charge is 0.476 e. The maximum atomic E-state index is 12.4. The van der Waals surface area contributed by atoms with Crippen molar-refractivity contribution < 1.29 is 19.4 Å². The summed E-state index contributed by atoms with van der Waals surface area (Å²) in [5.74, 6) is -1.03. The predicted octanol–water partition coefficient (Wildman–Crippen LogP) is 5.26. The quantitative estimate of drug-likeness (QED) is 0.437. The summed E-state index contributed by atoms with van der Waals surface area (Å²) < 4.78 is 5.35. The first-order valence-electron chi connectivity index (χ1n) is 9.84. The molecule has 1 heterocycles. The van der Waals surface area contributed by atoms with Crippen LogP contribution in [0, 0.1) is 0 Å². The van der Waals surface area contributed by atoms with Gasteiger partial charge >= 0.3 is 12.1 Å². The number of nitrogens with zero attached hydrogens (tertiary/aromatic N) is 2. The number of carboxylic acid groups (broad SMARTS) is 1. The maximum Gasteiger partial charge on any atom is 0.412 e. The number of hydrogen-bond donors (Lipinski definition) is 2. The zero-order chi connectivity index (χ0) is 22.3. The van der Waals surface area contributed by atoms with Gasteiger partial charge in [-0.25, -0.2) is 19.6 Å². The molecule has 4 rings (SSSR count). The minimum Gasteiger partial charge on any atom is -0.476 e. The van der Waals surface area contributed by atoms with Gasteiger partial charge in [-0.3, -0.25) is 5.32 Å². The van der Waals surface area contributed by atoms with Crippen molar-refractivity contribution in [3.05, 3.63) is 102 Å². The topological polar surface area (TPSA) is 101 Å². The zero-order valence-corrected chi connectivity index (χ0v) is 16.9. The number of nitrogens with one attached hydrogen (secondary N) is 1. The molecular formula is C25H19N3O4. The van der Waals surface area contributed by atoms with Gasteiger partial charge in [-0.05, 0) is 16.7 Å². The Hall–Kier alpha value is -4.52. The molecule has 4 aromatic rings. The number of aromatic nitrogens is 2. The lowest BCUT2D eigenvalue weighted by Crippen LogP contribution is -2.17. The Morgan fingerprint density at radius 1 is 0.844 bits per heavy atom. The van der Waals surface area contributed by atoms with E-state index in [1.807, 2.05) is 60.7 Å². The maximum absolute atomic E-state index is 12.4. The lowest BCUT2D eigenvalue weighted by Gasteiger charge is -2.12. The van der Waals surface area contributed by atoms with Gasteiger partial charge in [0.15, 0.2) is 11.5 Å². The standard InChI is InChI=1S/C25H19N3O4/c29-24(30)22-21(15-26-23(28-22)18-11-5-2-6-12-18)27-25(31)32-16-19-13-7-8-14-20(19)17-9-3-1-4-10-17/h1-15H,16H2,(H,27,31)(H,29,30). The number of anilines is 1. The fraction of sp³-hybridized carbons (Fsp3) is 0.0400. The fourth-order valence-corrected chi connectivity index (χ4v) is 3.20. The highest BCUT2D eigenvalue weighted by atomic mass is 16.5. The van der Waals surface area contributed by atoms with Crippen molar-refractivity contribution >= 4 is 17.7 Å². The molecule has 2 N–H and O–H groups in total. The molecule has 158 valence electrons. The highest BCUT2D eigenvalue weighted by Crippen LogP contribution is 2.24. The van der Waals surface area contributed by atoms with Crippen LogP contribution < -0.4 is 5.32 Å². The highest BCUT2D eigenvalue weighted by molar-refractivity contribution is 5.97. The summed E-state index contributed by atoms with van der Waals surface area (Å²) in [5, 5.41) is 12.0. The van der Waals surface area contributed by atoms with Crippen molar-refractivity contribution in [1.82, 2.24) is 9.97 Å². The summed E-state index contributed by atoms with van der Waals surface area (Å²) >= 11 is 0. The van der Waals surface area contributed by atoms with Gasteiger partial charge in [-0.2, -0.15) is 0 Å². The number of carbonyl (C=O) groups is 2. The molecular weight excluding hydrogens is 406 g/mol. The van der Waals surface area contributed by atoms with Gasteiger partial charge in [-0.15, -0.1) is 0 Å². The molecule has 0 fully saturated rings. The first-order valence-corrected chi connectivity index (χ1v) is 9.84. The molecule has 0 saturated heterocycles. The lowest BCUT2D eigenvalue weighted by molar-refractivity contribution is 0.0691. The van der Waals surface area contributed by atoms with Crippen LogP contribution in [-0.2, 0) is 11.3 Å². The first kappa shape index (κ1) is 20.7. The van der Waals surface area contributed by atoms with Crippen LogP contribution in [0.3, 0.4) is 0 Å². The van der Waals surface area contributed by atoms with E-state index in [1.54, 1.807) is 24.3 Å². The number of aromatic carboxylic acids is 1. The summed E-state index contributed by atoms with van der Waals surface area (Å²) in [7, 11) is 0. The fourth-order valence-electron chi connectivity index (χ4n) is 3.20.